The Balaban J connectivity index is 1.95. The number of fused-ring (bicyclic) bond motifs is 1. The Labute approximate surface area is 150 Å². The van der Waals surface area contributed by atoms with Gasteiger partial charge in [-0.1, -0.05) is 48.5 Å². The lowest BCUT2D eigenvalue weighted by Gasteiger charge is -2.08. The van der Waals surface area contributed by atoms with Gasteiger partial charge in [0.15, 0.2) is 5.88 Å². The van der Waals surface area contributed by atoms with Gasteiger partial charge < -0.3 is 10.1 Å². The standard InChI is InChI=1S/C22H15N3O/c23-14-15-10-12-17(13-11-15)24-21(16-6-2-1-3-7-16)20-18-8-4-5-9-19(18)25-22(20)26/h1-13,25-26H. The maximum Gasteiger partial charge on any atom is 0.199 e. The zero-order chi connectivity index (χ0) is 17.9. The van der Waals surface area contributed by atoms with Crippen molar-refractivity contribution in [3.05, 3.63) is 95.6 Å². The van der Waals surface area contributed by atoms with Crippen LogP contribution in [0.5, 0.6) is 5.88 Å². The molecular formula is C22H15N3O. The number of rotatable bonds is 3. The largest absolute Gasteiger partial charge is 0.494 e. The van der Waals surface area contributed by atoms with Crippen LogP contribution in [0.2, 0.25) is 0 Å². The highest BCUT2D eigenvalue weighted by molar-refractivity contribution is 6.21. The fourth-order valence-corrected chi connectivity index (χ4v) is 2.97. The number of aromatic nitrogens is 1. The molecule has 0 aliphatic carbocycles. The summed E-state index contributed by atoms with van der Waals surface area (Å²) in [5, 5.41) is 20.4. The Kier molecular flexibility index (Phi) is 3.97. The molecule has 1 heterocycles. The summed E-state index contributed by atoms with van der Waals surface area (Å²) in [5.74, 6) is 0.0856. The Morgan fingerprint density at radius 1 is 0.885 bits per heavy atom. The van der Waals surface area contributed by atoms with Crippen LogP contribution in [0.25, 0.3) is 10.9 Å². The van der Waals surface area contributed by atoms with E-state index in [0.717, 1.165) is 16.5 Å². The number of nitrogens with one attached hydrogen (secondary N) is 1. The smallest absolute Gasteiger partial charge is 0.199 e. The number of nitrogens with zero attached hydrogens (tertiary/aromatic N) is 2. The van der Waals surface area contributed by atoms with E-state index in [1.54, 1.807) is 24.3 Å². The van der Waals surface area contributed by atoms with E-state index in [1.165, 1.54) is 0 Å². The fourth-order valence-electron chi connectivity index (χ4n) is 2.97. The van der Waals surface area contributed by atoms with Crippen LogP contribution in [0.4, 0.5) is 5.69 Å². The Bertz CT molecular complexity index is 1130. The molecule has 0 spiro atoms. The van der Waals surface area contributed by atoms with Crippen molar-refractivity contribution in [2.75, 3.05) is 0 Å². The lowest BCUT2D eigenvalue weighted by atomic mass is 10.0. The van der Waals surface area contributed by atoms with Crippen molar-refractivity contribution >= 4 is 22.3 Å². The predicted octanol–water partition coefficient (Wildman–Crippen LogP) is 4.91. The van der Waals surface area contributed by atoms with Gasteiger partial charge in [-0.25, -0.2) is 4.99 Å². The van der Waals surface area contributed by atoms with Gasteiger partial charge in [0.1, 0.15) is 0 Å². The van der Waals surface area contributed by atoms with Crippen LogP contribution in [0.1, 0.15) is 16.7 Å². The molecule has 0 atom stereocenters. The summed E-state index contributed by atoms with van der Waals surface area (Å²) in [4.78, 5) is 7.80. The Hall–Kier alpha value is -3.84. The summed E-state index contributed by atoms with van der Waals surface area (Å²) in [6.07, 6.45) is 0. The van der Waals surface area contributed by atoms with Crippen molar-refractivity contribution in [2.24, 2.45) is 4.99 Å². The number of aromatic amines is 1. The van der Waals surface area contributed by atoms with Crippen molar-refractivity contribution in [1.29, 1.82) is 5.26 Å². The first kappa shape index (κ1) is 15.7. The number of H-pyrrole nitrogens is 1. The minimum atomic E-state index is 0.0856. The molecule has 0 amide bonds. The monoisotopic (exact) mass is 337 g/mol. The van der Waals surface area contributed by atoms with Crippen LogP contribution in [-0.2, 0) is 0 Å². The van der Waals surface area contributed by atoms with Crippen molar-refractivity contribution < 1.29 is 5.11 Å². The molecule has 4 heteroatoms. The number of aromatic hydroxyl groups is 1. The van der Waals surface area contributed by atoms with Gasteiger partial charge in [0.25, 0.3) is 0 Å². The molecule has 3 aromatic carbocycles. The Morgan fingerprint density at radius 2 is 1.58 bits per heavy atom. The van der Waals surface area contributed by atoms with Crippen molar-refractivity contribution in [2.45, 2.75) is 0 Å². The molecule has 0 aliphatic rings. The molecule has 0 saturated heterocycles. The van der Waals surface area contributed by atoms with Crippen LogP contribution in [0.3, 0.4) is 0 Å². The molecule has 4 aromatic rings. The van der Waals surface area contributed by atoms with E-state index in [2.05, 4.69) is 11.1 Å². The average Bonchev–Trinajstić information content (AvgIpc) is 3.03. The normalized spacial score (nSPS) is 11.4. The third kappa shape index (κ3) is 2.83. The van der Waals surface area contributed by atoms with Gasteiger partial charge >= 0.3 is 0 Å². The number of nitriles is 1. The highest BCUT2D eigenvalue weighted by atomic mass is 16.3. The topological polar surface area (TPSA) is 72.2 Å². The molecule has 0 unspecified atom stereocenters. The zero-order valence-corrected chi connectivity index (χ0v) is 13.8. The van der Waals surface area contributed by atoms with E-state index in [-0.39, 0.29) is 5.88 Å². The SMILES string of the molecule is N#Cc1ccc(N=C(c2ccccc2)c2c(O)[nH]c3ccccc23)cc1. The second kappa shape index (κ2) is 6.58. The van der Waals surface area contributed by atoms with Gasteiger partial charge in [-0.2, -0.15) is 5.26 Å². The van der Waals surface area contributed by atoms with Crippen LogP contribution < -0.4 is 0 Å². The summed E-state index contributed by atoms with van der Waals surface area (Å²) >= 11 is 0. The minimum Gasteiger partial charge on any atom is -0.494 e. The van der Waals surface area contributed by atoms with Crippen LogP contribution in [0, 0.1) is 11.3 Å². The summed E-state index contributed by atoms with van der Waals surface area (Å²) < 4.78 is 0. The Morgan fingerprint density at radius 3 is 2.31 bits per heavy atom. The molecule has 4 nitrogen and oxygen atoms in total. The molecule has 0 saturated carbocycles. The summed E-state index contributed by atoms with van der Waals surface area (Å²) in [7, 11) is 0. The molecule has 124 valence electrons. The van der Waals surface area contributed by atoms with Gasteiger partial charge in [0.2, 0.25) is 0 Å². The van der Waals surface area contributed by atoms with Gasteiger partial charge in [-0.15, -0.1) is 0 Å². The van der Waals surface area contributed by atoms with E-state index in [9.17, 15) is 5.11 Å². The third-order valence-corrected chi connectivity index (χ3v) is 4.21. The van der Waals surface area contributed by atoms with Gasteiger partial charge in [0, 0.05) is 16.5 Å². The predicted molar refractivity (Wildman–Crippen MR) is 103 cm³/mol. The first-order valence-electron chi connectivity index (χ1n) is 8.20. The molecule has 0 radical (unpaired) electrons. The van der Waals surface area contributed by atoms with Crippen molar-refractivity contribution in [3.63, 3.8) is 0 Å². The summed E-state index contributed by atoms with van der Waals surface area (Å²) in [5.41, 5.74) is 4.38. The fraction of sp³-hybridized carbons (Fsp3) is 0. The van der Waals surface area contributed by atoms with Crippen LogP contribution in [-0.4, -0.2) is 15.8 Å². The first-order valence-corrected chi connectivity index (χ1v) is 8.20. The van der Waals surface area contributed by atoms with E-state index < -0.39 is 0 Å². The van der Waals surface area contributed by atoms with Crippen LogP contribution in [0.15, 0.2) is 83.9 Å². The number of benzene rings is 3. The maximum atomic E-state index is 10.5. The second-order valence-electron chi connectivity index (χ2n) is 5.88. The van der Waals surface area contributed by atoms with E-state index in [1.807, 2.05) is 54.6 Å². The van der Waals surface area contributed by atoms with E-state index >= 15 is 0 Å². The molecule has 2 N–H and O–H groups in total. The molecule has 0 aliphatic heterocycles. The third-order valence-electron chi connectivity index (χ3n) is 4.21. The van der Waals surface area contributed by atoms with E-state index in [4.69, 9.17) is 10.3 Å². The van der Waals surface area contributed by atoms with Gasteiger partial charge in [-0.05, 0) is 30.3 Å². The summed E-state index contributed by atoms with van der Waals surface area (Å²) in [6, 6.07) is 26.6. The molecule has 26 heavy (non-hydrogen) atoms. The average molecular weight is 337 g/mol. The number of para-hydroxylation sites is 1. The number of aliphatic imine (C=N–C) groups is 1. The second-order valence-corrected chi connectivity index (χ2v) is 5.88. The zero-order valence-electron chi connectivity index (χ0n) is 13.8. The number of hydrogen-bond donors (Lipinski definition) is 2. The highest BCUT2D eigenvalue weighted by Crippen LogP contribution is 2.31. The van der Waals surface area contributed by atoms with Gasteiger partial charge in [-0.3, -0.25) is 0 Å². The molecular weight excluding hydrogens is 322 g/mol. The quantitative estimate of drug-likeness (QED) is 0.521. The van der Waals surface area contributed by atoms with Crippen molar-refractivity contribution in [3.8, 4) is 11.9 Å². The number of hydrogen-bond acceptors (Lipinski definition) is 3. The maximum absolute atomic E-state index is 10.5. The van der Waals surface area contributed by atoms with E-state index in [0.29, 0.717) is 22.5 Å². The molecule has 0 bridgehead atoms. The lowest BCUT2D eigenvalue weighted by molar-refractivity contribution is 0.457. The molecule has 0 fully saturated rings. The summed E-state index contributed by atoms with van der Waals surface area (Å²) in [6.45, 7) is 0. The highest BCUT2D eigenvalue weighted by Gasteiger charge is 2.18. The molecule has 1 aromatic heterocycles. The molecule has 4 rings (SSSR count). The minimum absolute atomic E-state index is 0.0856. The first-order chi connectivity index (χ1) is 12.8. The lowest BCUT2D eigenvalue weighted by Crippen LogP contribution is -2.02. The van der Waals surface area contributed by atoms with Gasteiger partial charge in [0.05, 0.1) is 28.6 Å². The van der Waals surface area contributed by atoms with Crippen LogP contribution >= 0.6 is 0 Å². The van der Waals surface area contributed by atoms with Crippen molar-refractivity contribution in [1.82, 2.24) is 4.98 Å².